The molecule has 22 heavy (non-hydrogen) atoms. The maximum Gasteiger partial charge on any atom is 0.223 e. The van der Waals surface area contributed by atoms with Gasteiger partial charge < -0.3 is 9.80 Å². The number of carbonyl (C=O) groups is 1. The molecule has 1 aromatic heterocycles. The van der Waals surface area contributed by atoms with Crippen molar-refractivity contribution in [2.75, 3.05) is 24.2 Å². The Hall–Kier alpha value is -1.30. The minimum atomic E-state index is 0.390. The molecule has 0 spiro atoms. The van der Waals surface area contributed by atoms with Crippen LogP contribution in [0.25, 0.3) is 0 Å². The largest absolute Gasteiger partial charge is 0.355 e. The number of fused-ring (bicyclic) bond motifs is 1. The van der Waals surface area contributed by atoms with E-state index in [0.29, 0.717) is 23.9 Å². The Balaban J connectivity index is 1.50. The standard InChI is InChI=1S/C16H22N4OS/c1-22-15-9-17-8-14(18-15)19-7-6-13-11(10-19)2-5-16(21)20(13)12-3-4-12/h8-9,11-13H,2-7,10H2,1H3/t11-,13+/m0/s1. The highest BCUT2D eigenvalue weighted by Crippen LogP contribution is 2.39. The number of amides is 1. The smallest absolute Gasteiger partial charge is 0.223 e. The third-order valence-corrected chi connectivity index (χ3v) is 5.76. The van der Waals surface area contributed by atoms with Crippen molar-refractivity contribution >= 4 is 23.5 Å². The van der Waals surface area contributed by atoms with Crippen molar-refractivity contribution in [3.63, 3.8) is 0 Å². The van der Waals surface area contributed by atoms with Crippen LogP contribution in [0.4, 0.5) is 5.82 Å². The van der Waals surface area contributed by atoms with Crippen molar-refractivity contribution < 1.29 is 4.79 Å². The molecule has 2 aliphatic heterocycles. The normalized spacial score (nSPS) is 28.7. The summed E-state index contributed by atoms with van der Waals surface area (Å²) in [6.07, 6.45) is 10.9. The number of hydrogen-bond acceptors (Lipinski definition) is 5. The molecule has 118 valence electrons. The molecule has 0 unspecified atom stereocenters. The zero-order chi connectivity index (χ0) is 15.1. The highest BCUT2D eigenvalue weighted by atomic mass is 32.2. The van der Waals surface area contributed by atoms with Crippen LogP contribution in [0.3, 0.4) is 0 Å². The first kappa shape index (κ1) is 14.3. The van der Waals surface area contributed by atoms with Gasteiger partial charge in [-0.15, -0.1) is 11.8 Å². The molecule has 6 heteroatoms. The number of anilines is 1. The van der Waals surface area contributed by atoms with Crippen LogP contribution in [-0.2, 0) is 4.79 Å². The molecular formula is C16H22N4OS. The maximum atomic E-state index is 12.3. The van der Waals surface area contributed by atoms with Gasteiger partial charge in [0.1, 0.15) is 10.8 Å². The Morgan fingerprint density at radius 2 is 2.09 bits per heavy atom. The van der Waals surface area contributed by atoms with E-state index in [1.54, 1.807) is 11.8 Å². The average molecular weight is 318 g/mol. The Labute approximate surface area is 135 Å². The lowest BCUT2D eigenvalue weighted by Gasteiger charge is -2.47. The van der Waals surface area contributed by atoms with E-state index >= 15 is 0 Å². The van der Waals surface area contributed by atoms with E-state index in [-0.39, 0.29) is 0 Å². The van der Waals surface area contributed by atoms with Crippen LogP contribution in [0.2, 0.25) is 0 Å². The van der Waals surface area contributed by atoms with Gasteiger partial charge in [-0.25, -0.2) is 4.98 Å². The van der Waals surface area contributed by atoms with Crippen LogP contribution in [0.5, 0.6) is 0 Å². The molecule has 5 nitrogen and oxygen atoms in total. The predicted octanol–water partition coefficient (Wildman–Crippen LogP) is 2.18. The van der Waals surface area contributed by atoms with E-state index in [2.05, 4.69) is 19.8 Å². The summed E-state index contributed by atoms with van der Waals surface area (Å²) in [6.45, 7) is 1.98. The summed E-state index contributed by atoms with van der Waals surface area (Å²) in [6, 6.07) is 1.01. The van der Waals surface area contributed by atoms with Gasteiger partial charge in [0.15, 0.2) is 0 Å². The van der Waals surface area contributed by atoms with E-state index < -0.39 is 0 Å². The second kappa shape index (κ2) is 5.72. The van der Waals surface area contributed by atoms with Gasteiger partial charge in [-0.3, -0.25) is 9.78 Å². The molecule has 3 aliphatic rings. The SMILES string of the molecule is CSc1cncc(N2CC[C@@H]3[C@@H](CCC(=O)N3C3CC3)C2)n1. The molecule has 1 aliphatic carbocycles. The zero-order valence-corrected chi connectivity index (χ0v) is 13.8. The first-order chi connectivity index (χ1) is 10.8. The van der Waals surface area contributed by atoms with E-state index in [4.69, 9.17) is 0 Å². The lowest BCUT2D eigenvalue weighted by molar-refractivity contribution is -0.140. The minimum absolute atomic E-state index is 0.390. The number of thioether (sulfide) groups is 1. The van der Waals surface area contributed by atoms with Gasteiger partial charge in [0, 0.05) is 31.6 Å². The van der Waals surface area contributed by atoms with Crippen molar-refractivity contribution in [1.82, 2.24) is 14.9 Å². The molecule has 1 amide bonds. The van der Waals surface area contributed by atoms with E-state index in [9.17, 15) is 4.79 Å². The van der Waals surface area contributed by atoms with Crippen molar-refractivity contribution in [2.45, 2.75) is 49.2 Å². The second-order valence-corrected chi connectivity index (χ2v) is 7.38. The number of carbonyl (C=O) groups excluding carboxylic acids is 1. The molecule has 0 aromatic carbocycles. The molecule has 2 saturated heterocycles. The van der Waals surface area contributed by atoms with Gasteiger partial charge in [0.05, 0.1) is 12.4 Å². The number of rotatable bonds is 3. The Morgan fingerprint density at radius 3 is 2.86 bits per heavy atom. The maximum absolute atomic E-state index is 12.3. The molecule has 0 bridgehead atoms. The molecule has 0 radical (unpaired) electrons. The Morgan fingerprint density at radius 1 is 1.23 bits per heavy atom. The van der Waals surface area contributed by atoms with Gasteiger partial charge in [-0.2, -0.15) is 0 Å². The molecular weight excluding hydrogens is 296 g/mol. The molecule has 0 N–H and O–H groups in total. The lowest BCUT2D eigenvalue weighted by Crippen LogP contribution is -2.56. The molecule has 1 aromatic rings. The lowest BCUT2D eigenvalue weighted by atomic mass is 9.83. The van der Waals surface area contributed by atoms with Crippen molar-refractivity contribution in [2.24, 2.45) is 5.92 Å². The summed E-state index contributed by atoms with van der Waals surface area (Å²) in [7, 11) is 0. The molecule has 2 atom stereocenters. The Kier molecular flexibility index (Phi) is 3.72. The predicted molar refractivity (Wildman–Crippen MR) is 87.0 cm³/mol. The number of aromatic nitrogens is 2. The summed E-state index contributed by atoms with van der Waals surface area (Å²) < 4.78 is 0. The van der Waals surface area contributed by atoms with Crippen molar-refractivity contribution in [3.8, 4) is 0 Å². The van der Waals surface area contributed by atoms with Crippen molar-refractivity contribution in [1.29, 1.82) is 0 Å². The first-order valence-corrected chi connectivity index (χ1v) is 9.41. The Bertz CT molecular complexity index is 577. The topological polar surface area (TPSA) is 49.3 Å². The fourth-order valence-electron chi connectivity index (χ4n) is 3.92. The van der Waals surface area contributed by atoms with Gasteiger partial charge in [0.25, 0.3) is 0 Å². The summed E-state index contributed by atoms with van der Waals surface area (Å²) >= 11 is 1.63. The van der Waals surface area contributed by atoms with Crippen molar-refractivity contribution in [3.05, 3.63) is 12.4 Å². The van der Waals surface area contributed by atoms with Crippen LogP contribution in [-0.4, -0.2) is 52.2 Å². The third kappa shape index (κ3) is 2.57. The number of nitrogens with zero attached hydrogens (tertiary/aromatic N) is 4. The van der Waals surface area contributed by atoms with E-state index in [0.717, 1.165) is 43.2 Å². The van der Waals surface area contributed by atoms with E-state index in [1.807, 2.05) is 18.6 Å². The van der Waals surface area contributed by atoms with Crippen LogP contribution < -0.4 is 4.90 Å². The molecule has 3 heterocycles. The third-order valence-electron chi connectivity index (χ3n) is 5.14. The fourth-order valence-corrected chi connectivity index (χ4v) is 4.27. The van der Waals surface area contributed by atoms with Gasteiger partial charge in [-0.05, 0) is 37.9 Å². The summed E-state index contributed by atoms with van der Waals surface area (Å²) in [4.78, 5) is 25.8. The number of likely N-dealkylation sites (tertiary alicyclic amines) is 1. The van der Waals surface area contributed by atoms with Crippen LogP contribution in [0.1, 0.15) is 32.1 Å². The number of hydrogen-bond donors (Lipinski definition) is 0. The van der Waals surface area contributed by atoms with Crippen LogP contribution in [0.15, 0.2) is 17.4 Å². The average Bonchev–Trinajstić information content (AvgIpc) is 3.39. The zero-order valence-electron chi connectivity index (χ0n) is 12.9. The minimum Gasteiger partial charge on any atom is -0.355 e. The highest BCUT2D eigenvalue weighted by Gasteiger charge is 2.45. The molecule has 3 fully saturated rings. The van der Waals surface area contributed by atoms with Gasteiger partial charge in [-0.1, -0.05) is 0 Å². The van der Waals surface area contributed by atoms with Crippen LogP contribution >= 0.6 is 11.8 Å². The summed E-state index contributed by atoms with van der Waals surface area (Å²) in [5.41, 5.74) is 0. The molecule has 4 rings (SSSR count). The first-order valence-electron chi connectivity index (χ1n) is 8.18. The molecule has 1 saturated carbocycles. The monoisotopic (exact) mass is 318 g/mol. The highest BCUT2D eigenvalue weighted by molar-refractivity contribution is 7.98. The van der Waals surface area contributed by atoms with Gasteiger partial charge >= 0.3 is 0 Å². The fraction of sp³-hybridized carbons (Fsp3) is 0.688. The van der Waals surface area contributed by atoms with Crippen LogP contribution in [0, 0.1) is 5.92 Å². The second-order valence-electron chi connectivity index (χ2n) is 6.55. The van der Waals surface area contributed by atoms with E-state index in [1.165, 1.54) is 12.8 Å². The number of piperidine rings is 2. The quantitative estimate of drug-likeness (QED) is 0.800. The van der Waals surface area contributed by atoms with Gasteiger partial charge in [0.2, 0.25) is 5.91 Å². The summed E-state index contributed by atoms with van der Waals surface area (Å²) in [5.74, 6) is 1.97. The summed E-state index contributed by atoms with van der Waals surface area (Å²) in [5, 5.41) is 0.970.